The number of anilines is 1. The van der Waals surface area contributed by atoms with Crippen molar-refractivity contribution < 1.29 is 28.7 Å². The molecule has 8 nitrogen and oxygen atoms in total. The zero-order valence-corrected chi connectivity index (χ0v) is 17.2. The van der Waals surface area contributed by atoms with Crippen LogP contribution in [0.4, 0.5) is 5.69 Å². The van der Waals surface area contributed by atoms with Crippen LogP contribution in [0.3, 0.4) is 0 Å². The van der Waals surface area contributed by atoms with Crippen LogP contribution in [0.15, 0.2) is 72.8 Å². The molecular weight excluding hydrogens is 424 g/mol. The van der Waals surface area contributed by atoms with Crippen LogP contribution in [0.5, 0.6) is 5.75 Å². The Kier molecular flexibility index (Phi) is 4.82. The maximum absolute atomic E-state index is 12.6. The number of amides is 4. The van der Waals surface area contributed by atoms with Gasteiger partial charge in [-0.15, -0.1) is 0 Å². The predicted molar refractivity (Wildman–Crippen MR) is 116 cm³/mol. The van der Waals surface area contributed by atoms with Gasteiger partial charge < -0.3 is 4.74 Å². The minimum atomic E-state index is -0.625. The Hall–Kier alpha value is -4.59. The van der Waals surface area contributed by atoms with Gasteiger partial charge in [-0.25, -0.2) is 4.90 Å². The maximum atomic E-state index is 12.6. The van der Waals surface area contributed by atoms with E-state index in [1.54, 1.807) is 48.5 Å². The smallest absolute Gasteiger partial charge is 0.312 e. The van der Waals surface area contributed by atoms with Crippen LogP contribution >= 0.6 is 0 Å². The molecule has 3 aromatic carbocycles. The van der Waals surface area contributed by atoms with Crippen molar-refractivity contribution in [1.82, 2.24) is 4.90 Å². The number of esters is 1. The van der Waals surface area contributed by atoms with Crippen molar-refractivity contribution in [2.24, 2.45) is 0 Å². The van der Waals surface area contributed by atoms with E-state index in [0.29, 0.717) is 27.9 Å². The first kappa shape index (κ1) is 20.3. The molecule has 0 unspecified atom stereocenters. The lowest BCUT2D eigenvalue weighted by molar-refractivity contribution is -0.134. The first-order valence-corrected chi connectivity index (χ1v) is 10.2. The SMILES string of the molecule is O=C(CCN1C(=O)c2ccccc2C1=O)Oc1ccc(N2C(=O)c3ccccc3C2=O)cc1. The van der Waals surface area contributed by atoms with E-state index in [1.165, 1.54) is 24.3 Å². The van der Waals surface area contributed by atoms with Crippen molar-refractivity contribution in [2.75, 3.05) is 11.4 Å². The van der Waals surface area contributed by atoms with Gasteiger partial charge in [0.05, 0.1) is 34.4 Å². The Morgan fingerprint density at radius 2 is 1.09 bits per heavy atom. The van der Waals surface area contributed by atoms with Gasteiger partial charge in [0, 0.05) is 6.54 Å². The highest BCUT2D eigenvalue weighted by Crippen LogP contribution is 2.29. The van der Waals surface area contributed by atoms with Crippen molar-refractivity contribution in [2.45, 2.75) is 6.42 Å². The van der Waals surface area contributed by atoms with E-state index in [2.05, 4.69) is 0 Å². The molecule has 0 atom stereocenters. The molecule has 0 saturated carbocycles. The van der Waals surface area contributed by atoms with Gasteiger partial charge in [-0.05, 0) is 48.5 Å². The molecule has 5 rings (SSSR count). The van der Waals surface area contributed by atoms with Crippen LogP contribution in [-0.4, -0.2) is 41.0 Å². The molecule has 8 heteroatoms. The molecule has 2 heterocycles. The van der Waals surface area contributed by atoms with Crippen LogP contribution < -0.4 is 9.64 Å². The number of fused-ring (bicyclic) bond motifs is 2. The molecule has 2 aliphatic heterocycles. The summed E-state index contributed by atoms with van der Waals surface area (Å²) in [6, 6.07) is 19.0. The zero-order chi connectivity index (χ0) is 23.1. The molecule has 0 saturated heterocycles. The second-order valence-corrected chi connectivity index (χ2v) is 7.52. The van der Waals surface area contributed by atoms with Crippen LogP contribution in [0.25, 0.3) is 0 Å². The summed E-state index contributed by atoms with van der Waals surface area (Å²) < 4.78 is 5.28. The van der Waals surface area contributed by atoms with Crippen molar-refractivity contribution in [3.63, 3.8) is 0 Å². The fourth-order valence-electron chi connectivity index (χ4n) is 3.91. The van der Waals surface area contributed by atoms with Gasteiger partial charge in [-0.2, -0.15) is 0 Å². The van der Waals surface area contributed by atoms with Gasteiger partial charge in [0.1, 0.15) is 5.75 Å². The summed E-state index contributed by atoms with van der Waals surface area (Å²) in [6.45, 7) is -0.0989. The third-order valence-electron chi connectivity index (χ3n) is 5.54. The van der Waals surface area contributed by atoms with E-state index >= 15 is 0 Å². The molecular formula is C25H16N2O6. The quantitative estimate of drug-likeness (QED) is 0.343. The summed E-state index contributed by atoms with van der Waals surface area (Å²) in [5.74, 6) is -2.12. The second kappa shape index (κ2) is 7.83. The number of benzene rings is 3. The molecule has 162 valence electrons. The predicted octanol–water partition coefficient (Wildman–Crippen LogP) is 3.08. The summed E-state index contributed by atoms with van der Waals surface area (Å²) in [4.78, 5) is 64.2. The monoisotopic (exact) mass is 440 g/mol. The Morgan fingerprint density at radius 1 is 0.636 bits per heavy atom. The number of ether oxygens (including phenoxy) is 1. The van der Waals surface area contributed by atoms with E-state index < -0.39 is 29.6 Å². The molecule has 0 N–H and O–H groups in total. The zero-order valence-electron chi connectivity index (χ0n) is 17.2. The first-order valence-electron chi connectivity index (χ1n) is 10.2. The first-order chi connectivity index (χ1) is 16.0. The number of hydrogen-bond donors (Lipinski definition) is 0. The van der Waals surface area contributed by atoms with Gasteiger partial charge in [0.25, 0.3) is 23.6 Å². The summed E-state index contributed by atoms with van der Waals surface area (Å²) >= 11 is 0. The van der Waals surface area contributed by atoms with Crippen LogP contribution in [0, 0.1) is 0 Å². The van der Waals surface area contributed by atoms with Crippen molar-refractivity contribution in [3.05, 3.63) is 95.1 Å². The summed E-state index contributed by atoms with van der Waals surface area (Å²) in [5.41, 5.74) is 1.67. The number of hydrogen-bond acceptors (Lipinski definition) is 6. The Morgan fingerprint density at radius 3 is 1.58 bits per heavy atom. The van der Waals surface area contributed by atoms with Gasteiger partial charge in [-0.1, -0.05) is 24.3 Å². The maximum Gasteiger partial charge on any atom is 0.312 e. The highest BCUT2D eigenvalue weighted by Gasteiger charge is 2.37. The standard InChI is InChI=1S/C25H16N2O6/c28-21(13-14-26-22(29)17-5-1-2-6-18(17)23(26)30)33-16-11-9-15(10-12-16)27-24(31)19-7-3-4-8-20(19)25(27)32/h1-12H,13-14H2. The number of carbonyl (C=O) groups is 5. The molecule has 0 aromatic heterocycles. The molecule has 33 heavy (non-hydrogen) atoms. The largest absolute Gasteiger partial charge is 0.426 e. The molecule has 0 radical (unpaired) electrons. The molecule has 0 bridgehead atoms. The Labute approximate surface area is 188 Å². The van der Waals surface area contributed by atoms with Gasteiger partial charge in [0.15, 0.2) is 0 Å². The van der Waals surface area contributed by atoms with Crippen molar-refractivity contribution in [3.8, 4) is 5.75 Å². The lowest BCUT2D eigenvalue weighted by atomic mass is 10.1. The lowest BCUT2D eigenvalue weighted by Gasteiger charge is -2.15. The average molecular weight is 440 g/mol. The van der Waals surface area contributed by atoms with E-state index in [1.807, 2.05) is 0 Å². The fraction of sp³-hybridized carbons (Fsp3) is 0.0800. The molecule has 4 amide bonds. The fourth-order valence-corrected chi connectivity index (χ4v) is 3.91. The summed E-state index contributed by atoms with van der Waals surface area (Å²) in [7, 11) is 0. The Bertz CT molecular complexity index is 1280. The minimum Gasteiger partial charge on any atom is -0.426 e. The highest BCUT2D eigenvalue weighted by molar-refractivity contribution is 6.34. The van der Waals surface area contributed by atoms with Gasteiger partial charge in [0.2, 0.25) is 0 Å². The summed E-state index contributed by atoms with van der Waals surface area (Å²) in [6.07, 6.45) is -0.175. The van der Waals surface area contributed by atoms with E-state index in [4.69, 9.17) is 4.74 Å². The van der Waals surface area contributed by atoms with Gasteiger partial charge >= 0.3 is 5.97 Å². The number of carbonyl (C=O) groups excluding carboxylic acids is 5. The van der Waals surface area contributed by atoms with E-state index in [-0.39, 0.29) is 18.7 Å². The minimum absolute atomic E-state index is 0.0989. The number of imide groups is 2. The van der Waals surface area contributed by atoms with Crippen LogP contribution in [-0.2, 0) is 4.79 Å². The van der Waals surface area contributed by atoms with Crippen LogP contribution in [0.1, 0.15) is 47.9 Å². The average Bonchev–Trinajstić information content (AvgIpc) is 3.23. The number of rotatable bonds is 5. The third-order valence-corrected chi connectivity index (χ3v) is 5.54. The van der Waals surface area contributed by atoms with E-state index in [0.717, 1.165) is 9.80 Å². The molecule has 0 spiro atoms. The Balaban J connectivity index is 1.21. The molecule has 3 aromatic rings. The number of nitrogens with zero attached hydrogens (tertiary/aromatic N) is 2. The van der Waals surface area contributed by atoms with Crippen LogP contribution in [0.2, 0.25) is 0 Å². The third kappa shape index (κ3) is 3.38. The highest BCUT2D eigenvalue weighted by atomic mass is 16.5. The second-order valence-electron chi connectivity index (χ2n) is 7.52. The topological polar surface area (TPSA) is 101 Å². The lowest BCUT2D eigenvalue weighted by Crippen LogP contribution is -2.32. The van der Waals surface area contributed by atoms with Gasteiger partial charge in [-0.3, -0.25) is 28.9 Å². The summed E-state index contributed by atoms with van der Waals surface area (Å²) in [5, 5.41) is 0. The van der Waals surface area contributed by atoms with Crippen molar-refractivity contribution >= 4 is 35.3 Å². The normalized spacial score (nSPS) is 14.5. The molecule has 0 fully saturated rings. The molecule has 2 aliphatic rings. The van der Waals surface area contributed by atoms with E-state index in [9.17, 15) is 24.0 Å². The molecule has 0 aliphatic carbocycles. The van der Waals surface area contributed by atoms with Crippen molar-refractivity contribution in [1.29, 1.82) is 0 Å².